The zero-order valence-electron chi connectivity index (χ0n) is 21.5. The van der Waals surface area contributed by atoms with Crippen molar-refractivity contribution in [3.63, 3.8) is 0 Å². The minimum atomic E-state index is -4.62. The third-order valence-electron chi connectivity index (χ3n) is 8.51. The van der Waals surface area contributed by atoms with E-state index in [1.807, 2.05) is 26.0 Å². The number of furan rings is 1. The number of alkyl halides is 3. The summed E-state index contributed by atoms with van der Waals surface area (Å²) in [4.78, 5) is 29.3. The summed E-state index contributed by atoms with van der Waals surface area (Å²) in [6.07, 6.45) is -1.37. The Bertz CT molecular complexity index is 1550. The van der Waals surface area contributed by atoms with Crippen LogP contribution < -0.4 is 14.4 Å². The number of rotatable bonds is 2. The predicted octanol–water partition coefficient (Wildman–Crippen LogP) is 6.58. The topological polar surface area (TPSA) is 69.0 Å². The third-order valence-corrected chi connectivity index (χ3v) is 8.51. The van der Waals surface area contributed by atoms with Gasteiger partial charge >= 0.3 is 6.18 Å². The van der Waals surface area contributed by atoms with Crippen LogP contribution in [0.15, 0.2) is 52.9 Å². The highest BCUT2D eigenvalue weighted by Gasteiger charge is 2.59. The van der Waals surface area contributed by atoms with E-state index in [9.17, 15) is 22.8 Å². The van der Waals surface area contributed by atoms with E-state index < -0.39 is 28.6 Å². The number of nitrogens with zero attached hydrogens (tertiary/aromatic N) is 1. The van der Waals surface area contributed by atoms with Gasteiger partial charge < -0.3 is 18.8 Å². The minimum absolute atomic E-state index is 0.0221. The van der Waals surface area contributed by atoms with Crippen molar-refractivity contribution in [2.24, 2.45) is 0 Å². The summed E-state index contributed by atoms with van der Waals surface area (Å²) in [6, 6.07) is 12.9. The summed E-state index contributed by atoms with van der Waals surface area (Å²) in [5, 5.41) is 0. The molecule has 4 aliphatic rings. The number of carbonyl (C=O) groups is 2. The Kier molecular flexibility index (Phi) is 4.78. The largest absolute Gasteiger partial charge is 0.487 e. The van der Waals surface area contributed by atoms with Crippen LogP contribution >= 0.6 is 0 Å². The van der Waals surface area contributed by atoms with Gasteiger partial charge in [-0.2, -0.15) is 13.2 Å². The van der Waals surface area contributed by atoms with E-state index in [1.165, 1.54) is 11.0 Å². The maximum Gasteiger partial charge on any atom is 0.449 e. The van der Waals surface area contributed by atoms with Crippen LogP contribution in [-0.2, 0) is 22.9 Å². The maximum atomic E-state index is 14.5. The monoisotopic (exact) mass is 537 g/mol. The number of hydrogen-bond donors (Lipinski definition) is 0. The van der Waals surface area contributed by atoms with Gasteiger partial charge in [-0.15, -0.1) is 0 Å². The number of hydrogen-bond acceptors (Lipinski definition) is 5. The average Bonchev–Trinajstić information content (AvgIpc) is 3.40. The second kappa shape index (κ2) is 7.67. The van der Waals surface area contributed by atoms with Gasteiger partial charge in [0.15, 0.2) is 5.78 Å². The lowest BCUT2D eigenvalue weighted by atomic mass is 9.66. The van der Waals surface area contributed by atoms with E-state index in [2.05, 4.69) is 0 Å². The third kappa shape index (κ3) is 3.47. The summed E-state index contributed by atoms with van der Waals surface area (Å²) < 4.78 is 57.3. The Morgan fingerprint density at radius 1 is 0.949 bits per heavy atom. The van der Waals surface area contributed by atoms with Crippen molar-refractivity contribution in [1.82, 2.24) is 0 Å². The Labute approximate surface area is 222 Å². The van der Waals surface area contributed by atoms with Gasteiger partial charge in [0.05, 0.1) is 18.5 Å². The molecule has 202 valence electrons. The average molecular weight is 538 g/mol. The molecule has 1 saturated carbocycles. The van der Waals surface area contributed by atoms with Crippen molar-refractivity contribution < 1.29 is 36.7 Å². The second-order valence-electron chi connectivity index (χ2n) is 11.7. The van der Waals surface area contributed by atoms with Crippen molar-refractivity contribution in [3.8, 4) is 11.5 Å². The van der Waals surface area contributed by atoms with Gasteiger partial charge in [0.1, 0.15) is 33.9 Å². The highest BCUT2D eigenvalue weighted by Crippen LogP contribution is 2.58. The first-order valence-electron chi connectivity index (χ1n) is 13.1. The molecular formula is C30H26F3NO5. The van der Waals surface area contributed by atoms with Crippen LogP contribution in [0.4, 0.5) is 18.9 Å². The van der Waals surface area contributed by atoms with Crippen LogP contribution in [0.25, 0.3) is 0 Å². The lowest BCUT2D eigenvalue weighted by Gasteiger charge is -2.47. The van der Waals surface area contributed by atoms with Crippen LogP contribution in [0.2, 0.25) is 0 Å². The Balaban J connectivity index is 1.37. The molecule has 39 heavy (non-hydrogen) atoms. The zero-order valence-corrected chi connectivity index (χ0v) is 21.5. The van der Waals surface area contributed by atoms with Crippen molar-refractivity contribution in [2.75, 3.05) is 4.90 Å². The smallest absolute Gasteiger partial charge is 0.449 e. The quantitative estimate of drug-likeness (QED) is 0.369. The molecule has 1 amide bonds. The van der Waals surface area contributed by atoms with E-state index in [-0.39, 0.29) is 30.4 Å². The first-order valence-corrected chi connectivity index (χ1v) is 13.1. The maximum absolute atomic E-state index is 14.5. The van der Waals surface area contributed by atoms with Gasteiger partial charge in [0, 0.05) is 23.7 Å². The highest BCUT2D eigenvalue weighted by atomic mass is 19.4. The van der Waals surface area contributed by atoms with Gasteiger partial charge in [-0.3, -0.25) is 9.59 Å². The fourth-order valence-electron chi connectivity index (χ4n) is 6.74. The second-order valence-corrected chi connectivity index (χ2v) is 11.7. The van der Waals surface area contributed by atoms with Gasteiger partial charge in [0.25, 0.3) is 0 Å². The molecule has 9 heteroatoms. The molecule has 0 N–H and O–H groups in total. The Morgan fingerprint density at radius 3 is 2.41 bits per heavy atom. The number of benzene rings is 2. The molecular weight excluding hydrogens is 511 g/mol. The lowest BCUT2D eigenvalue weighted by Crippen LogP contribution is -2.51. The van der Waals surface area contributed by atoms with Crippen LogP contribution in [0.5, 0.6) is 11.5 Å². The van der Waals surface area contributed by atoms with Crippen LogP contribution in [0.3, 0.4) is 0 Å². The Hall–Kier alpha value is -3.75. The summed E-state index contributed by atoms with van der Waals surface area (Å²) in [7, 11) is 0. The lowest BCUT2D eigenvalue weighted by molar-refractivity contribution is -0.153. The summed E-state index contributed by atoms with van der Waals surface area (Å²) in [6.45, 7) is 3.63. The molecule has 0 bridgehead atoms. The molecule has 2 spiro atoms. The molecule has 1 unspecified atom stereocenters. The van der Waals surface area contributed by atoms with E-state index in [0.717, 1.165) is 30.9 Å². The molecule has 1 aromatic heterocycles. The van der Waals surface area contributed by atoms with Crippen LogP contribution in [0.1, 0.15) is 79.0 Å². The van der Waals surface area contributed by atoms with Crippen molar-refractivity contribution in [1.29, 1.82) is 0 Å². The van der Waals surface area contributed by atoms with E-state index in [0.29, 0.717) is 34.7 Å². The molecule has 3 aromatic rings. The summed E-state index contributed by atoms with van der Waals surface area (Å²) in [5.74, 6) is -0.469. The fourth-order valence-corrected chi connectivity index (χ4v) is 6.74. The normalized spacial score (nSPS) is 24.1. The number of amides is 1. The molecule has 3 aliphatic heterocycles. The Morgan fingerprint density at radius 2 is 1.72 bits per heavy atom. The number of Topliss-reactive ketones (excluding diaryl/α,β-unsaturated/α-hetero) is 1. The number of ether oxygens (including phenoxy) is 2. The minimum Gasteiger partial charge on any atom is -0.487 e. The zero-order chi connectivity index (χ0) is 27.4. The molecule has 1 fully saturated rings. The van der Waals surface area contributed by atoms with Gasteiger partial charge in [-0.25, -0.2) is 0 Å². The van der Waals surface area contributed by atoms with Gasteiger partial charge in [0.2, 0.25) is 11.7 Å². The number of carbonyl (C=O) groups excluding carboxylic acids is 2. The first-order chi connectivity index (χ1) is 18.4. The SMILES string of the molecule is CC1(C)CC2(C(=O)N(Cc3ccc(C(F)(F)F)o3)c3ccccc32)c2cc3c(cc2O1)OC1(CCC1)CC3=O. The van der Waals surface area contributed by atoms with Gasteiger partial charge in [-0.1, -0.05) is 18.2 Å². The molecule has 1 aliphatic carbocycles. The van der Waals surface area contributed by atoms with E-state index in [4.69, 9.17) is 13.9 Å². The van der Waals surface area contributed by atoms with Crippen LogP contribution in [-0.4, -0.2) is 22.9 Å². The standard InChI is InChI=1S/C30H26F3NO5/c1-27(2)16-29(20-12-18-22(35)14-28(10-5-11-28)39-23(18)13-24(20)38-27)19-6-3-4-7-21(19)34(26(29)36)15-17-8-9-25(37-17)30(31,32)33/h3-4,6-9,12-13H,5,10-11,14-16H2,1-2H3. The number of halogens is 3. The molecule has 1 atom stereocenters. The number of ketones is 1. The molecule has 2 aromatic carbocycles. The van der Waals surface area contributed by atoms with Crippen LogP contribution in [0, 0.1) is 0 Å². The molecule has 4 heterocycles. The predicted molar refractivity (Wildman–Crippen MR) is 134 cm³/mol. The fraction of sp³-hybridized carbons (Fsp3) is 0.400. The molecule has 6 nitrogen and oxygen atoms in total. The molecule has 0 saturated heterocycles. The van der Waals surface area contributed by atoms with E-state index in [1.54, 1.807) is 24.3 Å². The number of anilines is 1. The number of fused-ring (bicyclic) bond motifs is 5. The summed E-state index contributed by atoms with van der Waals surface area (Å²) in [5.41, 5.74) is -0.115. The summed E-state index contributed by atoms with van der Waals surface area (Å²) >= 11 is 0. The van der Waals surface area contributed by atoms with Gasteiger partial charge in [-0.05, 0) is 62.9 Å². The first kappa shape index (κ1) is 24.3. The van der Waals surface area contributed by atoms with Crippen molar-refractivity contribution in [3.05, 3.63) is 76.7 Å². The van der Waals surface area contributed by atoms with Crippen molar-refractivity contribution >= 4 is 17.4 Å². The highest BCUT2D eigenvalue weighted by molar-refractivity contribution is 6.11. The number of para-hydroxylation sites is 1. The van der Waals surface area contributed by atoms with Crippen molar-refractivity contribution in [2.45, 2.75) is 75.3 Å². The van der Waals surface area contributed by atoms with E-state index >= 15 is 0 Å². The molecule has 7 rings (SSSR count). The molecule has 0 radical (unpaired) electrons.